The Hall–Kier alpha value is -1.49. The maximum absolute atomic E-state index is 8.63. The first kappa shape index (κ1) is 13.6. The van der Waals surface area contributed by atoms with Crippen LogP contribution in [0.1, 0.15) is 32.8 Å². The molecule has 5 nitrogen and oxygen atoms in total. The van der Waals surface area contributed by atoms with Crippen molar-refractivity contribution >= 4 is 17.4 Å². The molecule has 94 valence electrons. The van der Waals surface area contributed by atoms with Crippen LogP contribution in [0.25, 0.3) is 0 Å². The van der Waals surface area contributed by atoms with Crippen LogP contribution in [-0.2, 0) is 0 Å². The van der Waals surface area contributed by atoms with E-state index in [1.54, 1.807) is 6.07 Å². The zero-order valence-electron chi connectivity index (χ0n) is 10.1. The molecule has 1 heterocycles. The normalized spacial score (nSPS) is 12.6. The predicted molar refractivity (Wildman–Crippen MR) is 66.8 cm³/mol. The molecule has 0 fully saturated rings. The zero-order chi connectivity index (χ0) is 13.1. The molecule has 1 rings (SSSR count). The first-order chi connectivity index (χ1) is 7.91. The van der Waals surface area contributed by atoms with Gasteiger partial charge >= 0.3 is 0 Å². The first-order valence-corrected chi connectivity index (χ1v) is 5.60. The van der Waals surface area contributed by atoms with Gasteiger partial charge in [0.25, 0.3) is 0 Å². The number of ether oxygens (including phenoxy) is 1. The minimum atomic E-state index is -0.375. The Morgan fingerprint density at radius 3 is 2.82 bits per heavy atom. The van der Waals surface area contributed by atoms with Crippen molar-refractivity contribution in [1.29, 1.82) is 0 Å². The van der Waals surface area contributed by atoms with Crippen molar-refractivity contribution in [3.05, 3.63) is 22.8 Å². The highest BCUT2D eigenvalue weighted by Crippen LogP contribution is 2.29. The molecule has 0 aliphatic carbocycles. The van der Waals surface area contributed by atoms with Gasteiger partial charge in [-0.2, -0.15) is 0 Å². The molecule has 0 bridgehead atoms. The molecule has 0 amide bonds. The third-order valence-electron chi connectivity index (χ3n) is 2.47. The molecule has 17 heavy (non-hydrogen) atoms. The van der Waals surface area contributed by atoms with E-state index in [0.29, 0.717) is 5.56 Å². The van der Waals surface area contributed by atoms with Crippen LogP contribution in [0.4, 0.5) is 0 Å². The standard InChI is InChI=1S/C11H16ClN3O2/c1-4-11(2,3)17-10-8(12)7(5-6-14-10)9(13)15-16/h5-6,16H,4H2,1-3H3,(H2,13,15). The number of nitrogens with two attached hydrogens (primary N) is 1. The fourth-order valence-corrected chi connectivity index (χ4v) is 1.33. The molecule has 0 aliphatic heterocycles. The van der Waals surface area contributed by atoms with Crippen molar-refractivity contribution in [2.24, 2.45) is 10.9 Å². The minimum Gasteiger partial charge on any atom is -0.471 e. The van der Waals surface area contributed by atoms with E-state index in [0.717, 1.165) is 6.42 Å². The molecule has 0 aromatic carbocycles. The average molecular weight is 258 g/mol. The number of aromatic nitrogens is 1. The van der Waals surface area contributed by atoms with Crippen LogP contribution in [0.5, 0.6) is 5.88 Å². The lowest BCUT2D eigenvalue weighted by atomic mass is 10.1. The van der Waals surface area contributed by atoms with E-state index in [-0.39, 0.29) is 22.3 Å². The van der Waals surface area contributed by atoms with Crippen molar-refractivity contribution < 1.29 is 9.94 Å². The Labute approximate surface area is 105 Å². The molecule has 0 saturated heterocycles. The second-order valence-corrected chi connectivity index (χ2v) is 4.56. The highest BCUT2D eigenvalue weighted by atomic mass is 35.5. The van der Waals surface area contributed by atoms with Gasteiger partial charge in [0, 0.05) is 11.8 Å². The van der Waals surface area contributed by atoms with Crippen LogP contribution in [-0.4, -0.2) is 21.6 Å². The monoisotopic (exact) mass is 257 g/mol. The van der Waals surface area contributed by atoms with Gasteiger partial charge in [-0.15, -0.1) is 0 Å². The molecule has 0 atom stereocenters. The number of pyridine rings is 1. The molecular formula is C11H16ClN3O2. The fourth-order valence-electron chi connectivity index (χ4n) is 1.08. The summed E-state index contributed by atoms with van der Waals surface area (Å²) < 4.78 is 5.68. The Balaban J connectivity index is 3.11. The lowest BCUT2D eigenvalue weighted by Gasteiger charge is -2.24. The van der Waals surface area contributed by atoms with E-state index < -0.39 is 0 Å². The Morgan fingerprint density at radius 1 is 1.65 bits per heavy atom. The van der Waals surface area contributed by atoms with Gasteiger partial charge < -0.3 is 15.7 Å². The number of hydrogen-bond donors (Lipinski definition) is 2. The third-order valence-corrected chi connectivity index (χ3v) is 2.83. The Bertz CT molecular complexity index is 433. The van der Waals surface area contributed by atoms with Crippen LogP contribution >= 0.6 is 11.6 Å². The summed E-state index contributed by atoms with van der Waals surface area (Å²) in [6.45, 7) is 5.86. The summed E-state index contributed by atoms with van der Waals surface area (Å²) in [5.41, 5.74) is 5.51. The smallest absolute Gasteiger partial charge is 0.233 e. The van der Waals surface area contributed by atoms with Crippen LogP contribution < -0.4 is 10.5 Å². The summed E-state index contributed by atoms with van der Waals surface area (Å²) in [5.74, 6) is 0.208. The molecule has 0 aliphatic rings. The molecule has 0 unspecified atom stereocenters. The first-order valence-electron chi connectivity index (χ1n) is 5.22. The lowest BCUT2D eigenvalue weighted by molar-refractivity contribution is 0.0991. The number of rotatable bonds is 4. The zero-order valence-corrected chi connectivity index (χ0v) is 10.8. The van der Waals surface area contributed by atoms with Gasteiger partial charge in [0.1, 0.15) is 10.6 Å². The molecule has 6 heteroatoms. The number of amidine groups is 1. The highest BCUT2D eigenvalue weighted by Gasteiger charge is 2.21. The molecule has 0 saturated carbocycles. The maximum Gasteiger partial charge on any atom is 0.233 e. The number of halogens is 1. The van der Waals surface area contributed by atoms with Crippen LogP contribution in [0.3, 0.4) is 0 Å². The van der Waals surface area contributed by atoms with Crippen molar-refractivity contribution in [2.45, 2.75) is 32.8 Å². The quantitative estimate of drug-likeness (QED) is 0.376. The van der Waals surface area contributed by atoms with Gasteiger partial charge in [0.15, 0.2) is 5.84 Å². The van der Waals surface area contributed by atoms with Gasteiger partial charge in [-0.25, -0.2) is 4.98 Å². The van der Waals surface area contributed by atoms with E-state index in [9.17, 15) is 0 Å². The van der Waals surface area contributed by atoms with Crippen LogP contribution in [0.15, 0.2) is 17.4 Å². The lowest BCUT2D eigenvalue weighted by Crippen LogP contribution is -2.27. The average Bonchev–Trinajstić information content (AvgIpc) is 2.31. The van der Waals surface area contributed by atoms with Gasteiger partial charge in [-0.3, -0.25) is 0 Å². The molecule has 0 radical (unpaired) electrons. The highest BCUT2D eigenvalue weighted by molar-refractivity contribution is 6.35. The SMILES string of the molecule is CCC(C)(C)Oc1nccc(/C(N)=N/O)c1Cl. The summed E-state index contributed by atoms with van der Waals surface area (Å²) in [5, 5.41) is 11.8. The third kappa shape index (κ3) is 3.23. The number of hydrogen-bond acceptors (Lipinski definition) is 4. The van der Waals surface area contributed by atoms with Crippen LogP contribution in [0, 0.1) is 0 Å². The molecular weight excluding hydrogens is 242 g/mol. The second kappa shape index (κ2) is 5.23. The van der Waals surface area contributed by atoms with E-state index in [2.05, 4.69) is 10.1 Å². The summed E-state index contributed by atoms with van der Waals surface area (Å²) >= 11 is 6.09. The fraction of sp³-hybridized carbons (Fsp3) is 0.455. The van der Waals surface area contributed by atoms with Crippen LogP contribution in [0.2, 0.25) is 5.02 Å². The van der Waals surface area contributed by atoms with Crippen molar-refractivity contribution in [1.82, 2.24) is 4.98 Å². The summed E-state index contributed by atoms with van der Waals surface area (Å²) in [6, 6.07) is 1.56. The van der Waals surface area contributed by atoms with E-state index in [1.807, 2.05) is 20.8 Å². The molecule has 0 spiro atoms. The number of oxime groups is 1. The summed E-state index contributed by atoms with van der Waals surface area (Å²) in [6.07, 6.45) is 2.30. The van der Waals surface area contributed by atoms with E-state index >= 15 is 0 Å². The summed E-state index contributed by atoms with van der Waals surface area (Å²) in [7, 11) is 0. The molecule has 3 N–H and O–H groups in total. The second-order valence-electron chi connectivity index (χ2n) is 4.18. The van der Waals surface area contributed by atoms with Crippen molar-refractivity contribution in [3.63, 3.8) is 0 Å². The molecule has 1 aromatic heterocycles. The molecule has 1 aromatic rings. The largest absolute Gasteiger partial charge is 0.471 e. The minimum absolute atomic E-state index is 0.0726. The van der Waals surface area contributed by atoms with Gasteiger partial charge in [-0.05, 0) is 26.3 Å². The van der Waals surface area contributed by atoms with E-state index in [1.165, 1.54) is 6.20 Å². The Kier molecular flexibility index (Phi) is 4.17. The summed E-state index contributed by atoms with van der Waals surface area (Å²) in [4.78, 5) is 4.04. The van der Waals surface area contributed by atoms with E-state index in [4.69, 9.17) is 27.3 Å². The predicted octanol–water partition coefficient (Wildman–Crippen LogP) is 2.40. The topological polar surface area (TPSA) is 80.7 Å². The maximum atomic E-state index is 8.63. The van der Waals surface area contributed by atoms with Gasteiger partial charge in [0.2, 0.25) is 5.88 Å². The Morgan fingerprint density at radius 2 is 2.29 bits per heavy atom. The van der Waals surface area contributed by atoms with Crippen molar-refractivity contribution in [2.75, 3.05) is 0 Å². The van der Waals surface area contributed by atoms with Crippen molar-refractivity contribution in [3.8, 4) is 5.88 Å². The van der Waals surface area contributed by atoms with Gasteiger partial charge in [-0.1, -0.05) is 23.7 Å². The number of nitrogens with zero attached hydrogens (tertiary/aromatic N) is 2. The van der Waals surface area contributed by atoms with Gasteiger partial charge in [0.05, 0.1) is 0 Å².